The van der Waals surface area contributed by atoms with Crippen LogP contribution in [0.15, 0.2) is 41.6 Å². The molecule has 0 saturated heterocycles. The number of anilines is 1. The van der Waals surface area contributed by atoms with Crippen molar-refractivity contribution in [1.29, 1.82) is 0 Å². The number of pyridine rings is 1. The molecule has 2 aromatic rings. The van der Waals surface area contributed by atoms with Crippen LogP contribution in [0.1, 0.15) is 11.1 Å². The second-order valence-corrected chi connectivity index (χ2v) is 6.72. The summed E-state index contributed by atoms with van der Waals surface area (Å²) >= 11 is 0. The second-order valence-electron chi connectivity index (χ2n) is 4.86. The molecule has 3 rings (SSSR count). The summed E-state index contributed by atoms with van der Waals surface area (Å²) in [5.41, 5.74) is 8.36. The summed E-state index contributed by atoms with van der Waals surface area (Å²) in [6.45, 7) is 0.443. The number of rotatable bonds is 2. The van der Waals surface area contributed by atoms with Crippen LogP contribution in [-0.4, -0.2) is 24.3 Å². The number of nitrogens with two attached hydrogens (primary N) is 1. The van der Waals surface area contributed by atoms with E-state index in [4.69, 9.17) is 5.73 Å². The third-order valence-electron chi connectivity index (χ3n) is 3.58. The highest BCUT2D eigenvalue weighted by Crippen LogP contribution is 2.28. The van der Waals surface area contributed by atoms with Gasteiger partial charge in [0, 0.05) is 25.0 Å². The zero-order valence-electron chi connectivity index (χ0n) is 11.2. The van der Waals surface area contributed by atoms with Crippen molar-refractivity contribution < 1.29 is 12.8 Å². The van der Waals surface area contributed by atoms with E-state index in [1.165, 1.54) is 16.6 Å². The van der Waals surface area contributed by atoms with Gasteiger partial charge in [0.05, 0.1) is 0 Å². The van der Waals surface area contributed by atoms with Gasteiger partial charge in [-0.3, -0.25) is 0 Å². The zero-order valence-corrected chi connectivity index (χ0v) is 12.0. The molecule has 0 fully saturated rings. The largest absolute Gasteiger partial charge is 0.398 e. The van der Waals surface area contributed by atoms with E-state index in [9.17, 15) is 12.8 Å². The van der Waals surface area contributed by atoms with E-state index in [-0.39, 0.29) is 13.1 Å². The molecule has 0 bridgehead atoms. The molecule has 1 aliphatic rings. The fourth-order valence-electron chi connectivity index (χ4n) is 2.50. The number of halogens is 1. The maximum absolute atomic E-state index is 13.7. The highest BCUT2D eigenvalue weighted by atomic mass is 32.2. The molecular formula is C14H14FN3O2S. The minimum atomic E-state index is -3.94. The average Bonchev–Trinajstić information content (AvgIpc) is 2.47. The first-order valence-electron chi connectivity index (χ1n) is 6.47. The van der Waals surface area contributed by atoms with Crippen LogP contribution in [-0.2, 0) is 23.0 Å². The van der Waals surface area contributed by atoms with Crippen molar-refractivity contribution in [2.45, 2.75) is 18.0 Å². The van der Waals surface area contributed by atoms with Gasteiger partial charge < -0.3 is 5.73 Å². The van der Waals surface area contributed by atoms with Crippen LogP contribution >= 0.6 is 0 Å². The zero-order chi connectivity index (χ0) is 15.0. The molecule has 0 atom stereocenters. The molecule has 1 aromatic heterocycles. The van der Waals surface area contributed by atoms with Gasteiger partial charge in [-0.25, -0.2) is 17.8 Å². The average molecular weight is 307 g/mol. The second kappa shape index (κ2) is 5.09. The molecule has 0 radical (unpaired) electrons. The predicted molar refractivity (Wildman–Crippen MR) is 76.3 cm³/mol. The lowest BCUT2D eigenvalue weighted by Gasteiger charge is -2.28. The first-order chi connectivity index (χ1) is 10.00. The summed E-state index contributed by atoms with van der Waals surface area (Å²) < 4.78 is 39.9. The molecule has 0 aliphatic carbocycles. The van der Waals surface area contributed by atoms with Crippen LogP contribution in [0.3, 0.4) is 0 Å². The fourth-order valence-corrected chi connectivity index (χ4v) is 3.90. The van der Waals surface area contributed by atoms with Gasteiger partial charge in [0.25, 0.3) is 10.0 Å². The molecule has 110 valence electrons. The fraction of sp³-hybridized carbons (Fsp3) is 0.214. The van der Waals surface area contributed by atoms with E-state index in [1.54, 1.807) is 12.1 Å². The molecule has 1 aromatic carbocycles. The molecule has 0 spiro atoms. The van der Waals surface area contributed by atoms with Gasteiger partial charge in [0.15, 0.2) is 5.82 Å². The van der Waals surface area contributed by atoms with Gasteiger partial charge in [-0.1, -0.05) is 12.1 Å². The topological polar surface area (TPSA) is 76.3 Å². The Morgan fingerprint density at radius 3 is 2.81 bits per heavy atom. The Kier molecular flexibility index (Phi) is 3.38. The first-order valence-corrected chi connectivity index (χ1v) is 7.91. The lowest BCUT2D eigenvalue weighted by molar-refractivity contribution is 0.386. The van der Waals surface area contributed by atoms with Crippen LogP contribution in [0.2, 0.25) is 0 Å². The highest BCUT2D eigenvalue weighted by Gasteiger charge is 2.31. The molecule has 2 N–H and O–H groups in total. The highest BCUT2D eigenvalue weighted by molar-refractivity contribution is 7.89. The lowest BCUT2D eigenvalue weighted by Crippen LogP contribution is -2.37. The van der Waals surface area contributed by atoms with E-state index in [1.807, 2.05) is 6.07 Å². The number of fused-ring (bicyclic) bond motifs is 1. The normalized spacial score (nSPS) is 15.7. The number of benzene rings is 1. The standard InChI is InChI=1S/C14H14FN3O2S/c15-12-4-2-7-17-14(12)21(19,20)18-8-6-11-10(9-18)3-1-5-13(11)16/h1-5,7H,6,8-9,16H2. The van der Waals surface area contributed by atoms with Crippen molar-refractivity contribution >= 4 is 15.7 Å². The van der Waals surface area contributed by atoms with E-state index in [0.717, 1.165) is 17.2 Å². The minimum Gasteiger partial charge on any atom is -0.398 e. The van der Waals surface area contributed by atoms with Crippen molar-refractivity contribution in [3.8, 4) is 0 Å². The summed E-state index contributed by atoms with van der Waals surface area (Å²) in [6, 6.07) is 7.87. The van der Waals surface area contributed by atoms with Crippen LogP contribution < -0.4 is 5.73 Å². The number of nitrogen functional groups attached to an aromatic ring is 1. The van der Waals surface area contributed by atoms with Gasteiger partial charge in [0.1, 0.15) is 0 Å². The number of hydrogen-bond acceptors (Lipinski definition) is 4. The van der Waals surface area contributed by atoms with Gasteiger partial charge in [-0.05, 0) is 35.7 Å². The van der Waals surface area contributed by atoms with Gasteiger partial charge in [-0.2, -0.15) is 4.31 Å². The first kappa shape index (κ1) is 14.0. The summed E-state index contributed by atoms with van der Waals surface area (Å²) in [7, 11) is -3.94. The van der Waals surface area contributed by atoms with E-state index >= 15 is 0 Å². The Morgan fingerprint density at radius 2 is 2.05 bits per heavy atom. The SMILES string of the molecule is Nc1cccc2c1CCN(S(=O)(=O)c1ncccc1F)C2. The summed E-state index contributed by atoms with van der Waals surface area (Å²) in [5.74, 6) is -0.837. The number of aromatic nitrogens is 1. The Morgan fingerprint density at radius 1 is 1.24 bits per heavy atom. The van der Waals surface area contributed by atoms with Gasteiger partial charge in [-0.15, -0.1) is 0 Å². The molecule has 2 heterocycles. The van der Waals surface area contributed by atoms with Crippen molar-refractivity contribution in [3.63, 3.8) is 0 Å². The monoisotopic (exact) mass is 307 g/mol. The smallest absolute Gasteiger partial charge is 0.263 e. The maximum atomic E-state index is 13.7. The molecule has 0 unspecified atom stereocenters. The van der Waals surface area contributed by atoms with Gasteiger partial charge in [0.2, 0.25) is 5.03 Å². The molecule has 21 heavy (non-hydrogen) atoms. The van der Waals surface area contributed by atoms with Crippen molar-refractivity contribution in [2.75, 3.05) is 12.3 Å². The molecule has 0 saturated carbocycles. The minimum absolute atomic E-state index is 0.179. The maximum Gasteiger partial charge on any atom is 0.263 e. The van der Waals surface area contributed by atoms with Crippen LogP contribution in [0.4, 0.5) is 10.1 Å². The van der Waals surface area contributed by atoms with Gasteiger partial charge >= 0.3 is 0 Å². The molecule has 7 heteroatoms. The van der Waals surface area contributed by atoms with Crippen molar-refractivity contribution in [1.82, 2.24) is 9.29 Å². The Bertz CT molecular complexity index is 793. The third kappa shape index (κ3) is 2.38. The van der Waals surface area contributed by atoms with Crippen LogP contribution in [0.5, 0.6) is 0 Å². The van der Waals surface area contributed by atoms with Crippen LogP contribution in [0.25, 0.3) is 0 Å². The number of sulfonamides is 1. The molecule has 1 aliphatic heterocycles. The Labute approximate surface area is 122 Å². The van der Waals surface area contributed by atoms with Crippen molar-refractivity contribution in [2.24, 2.45) is 0 Å². The molecule has 5 nitrogen and oxygen atoms in total. The summed E-state index contributed by atoms with van der Waals surface area (Å²) in [4.78, 5) is 3.67. The third-order valence-corrected chi connectivity index (χ3v) is 5.36. The van der Waals surface area contributed by atoms with E-state index in [2.05, 4.69) is 4.98 Å². The number of hydrogen-bond donors (Lipinski definition) is 1. The van der Waals surface area contributed by atoms with Crippen LogP contribution in [0, 0.1) is 5.82 Å². The quantitative estimate of drug-likeness (QED) is 0.854. The molecular weight excluding hydrogens is 293 g/mol. The van der Waals surface area contributed by atoms with Crippen molar-refractivity contribution in [3.05, 3.63) is 53.5 Å². The molecule has 0 amide bonds. The summed E-state index contributed by atoms with van der Waals surface area (Å²) in [5, 5.41) is -0.530. The lowest BCUT2D eigenvalue weighted by atomic mass is 9.99. The van der Waals surface area contributed by atoms with E-state index in [0.29, 0.717) is 12.1 Å². The number of nitrogens with zero attached hydrogens (tertiary/aromatic N) is 2. The van der Waals surface area contributed by atoms with E-state index < -0.39 is 20.9 Å². The Hall–Kier alpha value is -1.99. The Balaban J connectivity index is 1.98. The summed E-state index contributed by atoms with van der Waals surface area (Å²) in [6.07, 6.45) is 1.78. The predicted octanol–water partition coefficient (Wildman–Crippen LogP) is 1.55.